The molecule has 2 aromatic heterocycles. The molecule has 0 amide bonds. The zero-order valence-corrected chi connectivity index (χ0v) is 18.7. The lowest BCUT2D eigenvalue weighted by atomic mass is 10.2. The van der Waals surface area contributed by atoms with Crippen molar-refractivity contribution < 1.29 is 4.92 Å². The first-order chi connectivity index (χ1) is 16.6. The molecule has 5 rings (SSSR count). The van der Waals surface area contributed by atoms with Gasteiger partial charge in [-0.05, 0) is 41.1 Å². The summed E-state index contributed by atoms with van der Waals surface area (Å²) in [6.07, 6.45) is 0.765. The Kier molecular flexibility index (Phi) is 5.81. The molecular weight excluding hydrogens is 434 g/mol. The van der Waals surface area contributed by atoms with Crippen LogP contribution in [0.2, 0.25) is 0 Å². The smallest absolute Gasteiger partial charge is 0.269 e. The summed E-state index contributed by atoms with van der Waals surface area (Å²) in [5, 5.41) is 23.3. The molecule has 0 radical (unpaired) electrons. The van der Waals surface area contributed by atoms with Crippen LogP contribution in [0.3, 0.4) is 0 Å². The number of para-hydroxylation sites is 1. The Labute approximate surface area is 195 Å². The van der Waals surface area contributed by atoms with Crippen molar-refractivity contribution in [1.82, 2.24) is 30.2 Å². The van der Waals surface area contributed by atoms with Gasteiger partial charge < -0.3 is 9.80 Å². The van der Waals surface area contributed by atoms with Crippen LogP contribution in [0.5, 0.6) is 0 Å². The number of nitrogens with zero attached hydrogens (tertiary/aromatic N) is 9. The highest BCUT2D eigenvalue weighted by Gasteiger charge is 2.24. The van der Waals surface area contributed by atoms with Gasteiger partial charge in [0.1, 0.15) is 5.82 Å². The van der Waals surface area contributed by atoms with Gasteiger partial charge in [0.2, 0.25) is 5.95 Å². The minimum Gasteiger partial charge on any atom is -0.353 e. The number of piperazine rings is 1. The Balaban J connectivity index is 1.35. The molecule has 1 saturated heterocycles. The Bertz CT molecular complexity index is 1280. The number of aryl methyl sites for hydroxylation is 1. The minimum atomic E-state index is -0.411. The average Bonchev–Trinajstić information content (AvgIpc) is 3.39. The van der Waals surface area contributed by atoms with E-state index in [9.17, 15) is 10.1 Å². The van der Waals surface area contributed by atoms with Crippen LogP contribution in [0.4, 0.5) is 17.5 Å². The molecule has 3 heterocycles. The molecule has 2 aromatic carbocycles. The van der Waals surface area contributed by atoms with Crippen molar-refractivity contribution in [3.63, 3.8) is 0 Å². The summed E-state index contributed by atoms with van der Waals surface area (Å²) in [4.78, 5) is 24.4. The maximum Gasteiger partial charge on any atom is 0.269 e. The van der Waals surface area contributed by atoms with E-state index in [0.717, 1.165) is 55.4 Å². The van der Waals surface area contributed by atoms with E-state index in [2.05, 4.69) is 30.3 Å². The molecule has 0 spiro atoms. The maximum atomic E-state index is 11.0. The third kappa shape index (κ3) is 4.27. The van der Waals surface area contributed by atoms with Gasteiger partial charge >= 0.3 is 0 Å². The highest BCUT2D eigenvalue weighted by atomic mass is 16.6. The lowest BCUT2D eigenvalue weighted by molar-refractivity contribution is -0.384. The Morgan fingerprint density at radius 2 is 1.65 bits per heavy atom. The first-order valence-electron chi connectivity index (χ1n) is 11.1. The maximum absolute atomic E-state index is 11.0. The van der Waals surface area contributed by atoms with Crippen LogP contribution in [-0.4, -0.2) is 61.3 Å². The SMILES string of the molecule is CCc1cc(N2CCN(c3nnnn3-c3ccccc3)CC2)nc(-c2ccc([N+](=O)[O-])cc2)n1. The van der Waals surface area contributed by atoms with Crippen molar-refractivity contribution >= 4 is 17.5 Å². The van der Waals surface area contributed by atoms with E-state index in [1.165, 1.54) is 12.1 Å². The number of benzene rings is 2. The second-order valence-corrected chi connectivity index (χ2v) is 7.90. The van der Waals surface area contributed by atoms with Crippen LogP contribution in [0.1, 0.15) is 12.6 Å². The summed E-state index contributed by atoms with van der Waals surface area (Å²) in [7, 11) is 0. The molecular formula is C23H23N9O2. The van der Waals surface area contributed by atoms with Gasteiger partial charge in [-0.1, -0.05) is 30.2 Å². The van der Waals surface area contributed by atoms with E-state index in [0.29, 0.717) is 11.8 Å². The van der Waals surface area contributed by atoms with Crippen LogP contribution < -0.4 is 9.80 Å². The van der Waals surface area contributed by atoms with E-state index < -0.39 is 4.92 Å². The van der Waals surface area contributed by atoms with Gasteiger partial charge in [0.25, 0.3) is 5.69 Å². The van der Waals surface area contributed by atoms with Gasteiger partial charge in [-0.3, -0.25) is 10.1 Å². The van der Waals surface area contributed by atoms with Gasteiger partial charge in [-0.25, -0.2) is 9.97 Å². The fourth-order valence-electron chi connectivity index (χ4n) is 3.94. The monoisotopic (exact) mass is 457 g/mol. The van der Waals surface area contributed by atoms with Crippen molar-refractivity contribution in [2.24, 2.45) is 0 Å². The van der Waals surface area contributed by atoms with Crippen LogP contribution in [-0.2, 0) is 6.42 Å². The number of non-ortho nitro benzene ring substituents is 1. The fraction of sp³-hybridized carbons (Fsp3) is 0.261. The number of hydrogen-bond donors (Lipinski definition) is 0. The lowest BCUT2D eigenvalue weighted by Gasteiger charge is -2.35. The molecule has 0 saturated carbocycles. The molecule has 0 bridgehead atoms. The second-order valence-electron chi connectivity index (χ2n) is 7.90. The summed E-state index contributed by atoms with van der Waals surface area (Å²) >= 11 is 0. The predicted octanol–water partition coefficient (Wildman–Crippen LogP) is 2.92. The lowest BCUT2D eigenvalue weighted by Crippen LogP contribution is -2.47. The van der Waals surface area contributed by atoms with Gasteiger partial charge in [0.05, 0.1) is 10.6 Å². The summed E-state index contributed by atoms with van der Waals surface area (Å²) in [6.45, 7) is 5.03. The molecule has 1 aliphatic rings. The van der Waals surface area contributed by atoms with Gasteiger partial charge in [0.15, 0.2) is 5.82 Å². The van der Waals surface area contributed by atoms with E-state index in [-0.39, 0.29) is 5.69 Å². The molecule has 11 heteroatoms. The second kappa shape index (κ2) is 9.22. The van der Waals surface area contributed by atoms with Crippen LogP contribution in [0.25, 0.3) is 17.1 Å². The van der Waals surface area contributed by atoms with Crippen LogP contribution >= 0.6 is 0 Å². The van der Waals surface area contributed by atoms with Gasteiger partial charge in [-0.2, -0.15) is 4.68 Å². The third-order valence-corrected chi connectivity index (χ3v) is 5.80. The summed E-state index contributed by atoms with van der Waals surface area (Å²) in [5.41, 5.74) is 2.64. The molecule has 1 fully saturated rings. The molecule has 172 valence electrons. The number of hydrogen-bond acceptors (Lipinski definition) is 9. The van der Waals surface area contributed by atoms with E-state index in [1.807, 2.05) is 43.3 Å². The quantitative estimate of drug-likeness (QED) is 0.318. The summed E-state index contributed by atoms with van der Waals surface area (Å²) in [5.74, 6) is 2.14. The Hall–Kier alpha value is -4.41. The molecule has 1 aliphatic heterocycles. The molecule has 11 nitrogen and oxygen atoms in total. The average molecular weight is 457 g/mol. The standard InChI is InChI=1S/C23H23N9O2/c1-2-18-16-21(25-22(24-18)17-8-10-20(11-9-17)32(33)34)29-12-14-30(15-13-29)23-26-27-28-31(23)19-6-4-3-5-7-19/h3-11,16H,2,12-15H2,1H3. The van der Waals surface area contributed by atoms with Crippen molar-refractivity contribution in [3.05, 3.63) is 76.5 Å². The Morgan fingerprint density at radius 1 is 0.941 bits per heavy atom. The topological polar surface area (TPSA) is 119 Å². The molecule has 34 heavy (non-hydrogen) atoms. The highest BCUT2D eigenvalue weighted by molar-refractivity contribution is 5.60. The zero-order chi connectivity index (χ0) is 23.5. The zero-order valence-electron chi connectivity index (χ0n) is 18.7. The molecule has 0 atom stereocenters. The molecule has 0 unspecified atom stereocenters. The first-order valence-corrected chi connectivity index (χ1v) is 11.1. The van der Waals surface area contributed by atoms with Crippen LogP contribution in [0, 0.1) is 10.1 Å². The minimum absolute atomic E-state index is 0.0459. The summed E-state index contributed by atoms with van der Waals surface area (Å²) in [6, 6.07) is 18.2. The van der Waals surface area contributed by atoms with E-state index in [4.69, 9.17) is 4.98 Å². The van der Waals surface area contributed by atoms with Crippen LogP contribution in [0.15, 0.2) is 60.7 Å². The van der Waals surface area contributed by atoms with Crippen molar-refractivity contribution in [1.29, 1.82) is 0 Å². The largest absolute Gasteiger partial charge is 0.353 e. The highest BCUT2D eigenvalue weighted by Crippen LogP contribution is 2.25. The number of aromatic nitrogens is 6. The normalized spacial score (nSPS) is 13.8. The van der Waals surface area contributed by atoms with Crippen molar-refractivity contribution in [3.8, 4) is 17.1 Å². The number of tetrazole rings is 1. The van der Waals surface area contributed by atoms with Gasteiger partial charge in [-0.15, -0.1) is 0 Å². The number of rotatable bonds is 6. The van der Waals surface area contributed by atoms with E-state index >= 15 is 0 Å². The predicted molar refractivity (Wildman–Crippen MR) is 127 cm³/mol. The number of nitro benzene ring substituents is 1. The van der Waals surface area contributed by atoms with E-state index in [1.54, 1.807) is 16.8 Å². The Morgan fingerprint density at radius 3 is 2.32 bits per heavy atom. The summed E-state index contributed by atoms with van der Waals surface area (Å²) < 4.78 is 1.75. The third-order valence-electron chi connectivity index (χ3n) is 5.80. The number of anilines is 2. The first kappa shape index (κ1) is 21.4. The molecule has 4 aromatic rings. The molecule has 0 N–H and O–H groups in total. The van der Waals surface area contributed by atoms with Crippen molar-refractivity contribution in [2.45, 2.75) is 13.3 Å². The fourth-order valence-corrected chi connectivity index (χ4v) is 3.94. The van der Waals surface area contributed by atoms with Gasteiger partial charge in [0, 0.05) is 55.6 Å². The van der Waals surface area contributed by atoms with Crippen molar-refractivity contribution in [2.75, 3.05) is 36.0 Å². The number of nitro groups is 1. The molecule has 0 aliphatic carbocycles.